The van der Waals surface area contributed by atoms with Crippen molar-refractivity contribution in [1.82, 2.24) is 4.98 Å². The van der Waals surface area contributed by atoms with Crippen LogP contribution in [-0.4, -0.2) is 16.7 Å². The number of benzene rings is 1. The van der Waals surface area contributed by atoms with Crippen molar-refractivity contribution in [3.05, 3.63) is 36.2 Å². The number of aliphatic hydroxyl groups is 1. The molecule has 1 heterocycles. The summed E-state index contributed by atoms with van der Waals surface area (Å²) < 4.78 is 5.12. The molecule has 1 N–H and O–H groups in total. The lowest BCUT2D eigenvalue weighted by atomic mass is 10.2. The third-order valence-corrected chi connectivity index (χ3v) is 1.96. The Morgan fingerprint density at radius 1 is 1.43 bits per heavy atom. The van der Waals surface area contributed by atoms with E-state index in [1.807, 2.05) is 30.4 Å². The standard InChI is InChI=1S/C11H11NO2/c13-6-2-1-3-9-4-5-11-10(7-9)12-8-14-11/h1,3-5,7-8,13H,2,6H2. The van der Waals surface area contributed by atoms with E-state index in [-0.39, 0.29) is 6.61 Å². The van der Waals surface area contributed by atoms with Crippen molar-refractivity contribution in [3.63, 3.8) is 0 Å². The van der Waals surface area contributed by atoms with E-state index in [2.05, 4.69) is 4.98 Å². The van der Waals surface area contributed by atoms with Crippen LogP contribution in [0.15, 0.2) is 35.1 Å². The Morgan fingerprint density at radius 2 is 2.36 bits per heavy atom. The lowest BCUT2D eigenvalue weighted by molar-refractivity contribution is 0.303. The minimum atomic E-state index is 0.183. The van der Waals surface area contributed by atoms with E-state index in [9.17, 15) is 0 Å². The van der Waals surface area contributed by atoms with Gasteiger partial charge in [-0.05, 0) is 24.1 Å². The average molecular weight is 189 g/mol. The second kappa shape index (κ2) is 4.07. The quantitative estimate of drug-likeness (QED) is 0.805. The van der Waals surface area contributed by atoms with Crippen LogP contribution in [0.4, 0.5) is 0 Å². The maximum Gasteiger partial charge on any atom is 0.181 e. The number of rotatable bonds is 3. The molecule has 0 spiro atoms. The van der Waals surface area contributed by atoms with E-state index in [0.717, 1.165) is 16.7 Å². The fraction of sp³-hybridized carbons (Fsp3) is 0.182. The number of aliphatic hydroxyl groups excluding tert-OH is 1. The largest absolute Gasteiger partial charge is 0.443 e. The summed E-state index contributed by atoms with van der Waals surface area (Å²) in [5.41, 5.74) is 2.72. The van der Waals surface area contributed by atoms with E-state index in [0.29, 0.717) is 6.42 Å². The number of aromatic nitrogens is 1. The van der Waals surface area contributed by atoms with Gasteiger partial charge in [0.1, 0.15) is 5.52 Å². The minimum Gasteiger partial charge on any atom is -0.443 e. The van der Waals surface area contributed by atoms with E-state index in [4.69, 9.17) is 9.52 Å². The SMILES string of the molecule is OCCC=Cc1ccc2ocnc2c1. The van der Waals surface area contributed by atoms with Crippen molar-refractivity contribution in [2.45, 2.75) is 6.42 Å². The molecule has 2 rings (SSSR count). The Hall–Kier alpha value is -1.61. The average Bonchev–Trinajstić information content (AvgIpc) is 2.65. The van der Waals surface area contributed by atoms with Crippen LogP contribution >= 0.6 is 0 Å². The monoisotopic (exact) mass is 189 g/mol. The fourth-order valence-electron chi connectivity index (χ4n) is 1.27. The zero-order chi connectivity index (χ0) is 9.80. The molecule has 72 valence electrons. The van der Waals surface area contributed by atoms with E-state index < -0.39 is 0 Å². The van der Waals surface area contributed by atoms with E-state index in [1.54, 1.807) is 0 Å². The Balaban J connectivity index is 2.25. The highest BCUT2D eigenvalue weighted by molar-refractivity contribution is 5.75. The maximum atomic E-state index is 8.60. The van der Waals surface area contributed by atoms with Gasteiger partial charge in [-0.3, -0.25) is 0 Å². The number of oxazole rings is 1. The third-order valence-electron chi connectivity index (χ3n) is 1.96. The first kappa shape index (κ1) is 8.97. The van der Waals surface area contributed by atoms with Crippen LogP contribution < -0.4 is 0 Å². The molecule has 0 fully saturated rings. The first-order valence-corrected chi connectivity index (χ1v) is 4.51. The van der Waals surface area contributed by atoms with Gasteiger partial charge in [0.05, 0.1) is 0 Å². The van der Waals surface area contributed by atoms with Crippen molar-refractivity contribution >= 4 is 17.2 Å². The van der Waals surface area contributed by atoms with Gasteiger partial charge in [0, 0.05) is 6.61 Å². The van der Waals surface area contributed by atoms with Crippen molar-refractivity contribution in [1.29, 1.82) is 0 Å². The molecule has 0 aliphatic rings. The van der Waals surface area contributed by atoms with Gasteiger partial charge in [0.2, 0.25) is 0 Å². The van der Waals surface area contributed by atoms with Crippen LogP contribution in [0.5, 0.6) is 0 Å². The highest BCUT2D eigenvalue weighted by Crippen LogP contribution is 2.15. The van der Waals surface area contributed by atoms with Crippen LogP contribution in [0.1, 0.15) is 12.0 Å². The minimum absolute atomic E-state index is 0.183. The van der Waals surface area contributed by atoms with Crippen LogP contribution in [0, 0.1) is 0 Å². The van der Waals surface area contributed by atoms with E-state index in [1.165, 1.54) is 6.39 Å². The highest BCUT2D eigenvalue weighted by atomic mass is 16.3. The summed E-state index contributed by atoms with van der Waals surface area (Å²) in [4.78, 5) is 4.06. The molecule has 0 unspecified atom stereocenters. The molecule has 0 aliphatic heterocycles. The second-order valence-electron chi connectivity index (χ2n) is 2.99. The first-order chi connectivity index (χ1) is 6.90. The van der Waals surface area contributed by atoms with Gasteiger partial charge in [-0.25, -0.2) is 4.98 Å². The van der Waals surface area contributed by atoms with Crippen molar-refractivity contribution in [3.8, 4) is 0 Å². The van der Waals surface area contributed by atoms with Gasteiger partial charge in [0.15, 0.2) is 12.0 Å². The topological polar surface area (TPSA) is 46.3 Å². The molecule has 1 aromatic carbocycles. The Morgan fingerprint density at radius 3 is 3.21 bits per heavy atom. The molecule has 0 saturated heterocycles. The second-order valence-corrected chi connectivity index (χ2v) is 2.99. The molecule has 0 radical (unpaired) electrons. The Bertz CT molecular complexity index is 445. The van der Waals surface area contributed by atoms with Gasteiger partial charge in [-0.15, -0.1) is 0 Å². The molecule has 0 bridgehead atoms. The molecular formula is C11H11NO2. The number of hydrogen-bond acceptors (Lipinski definition) is 3. The summed E-state index contributed by atoms with van der Waals surface area (Å²) >= 11 is 0. The lowest BCUT2D eigenvalue weighted by Gasteiger charge is -1.92. The van der Waals surface area contributed by atoms with Gasteiger partial charge in [-0.2, -0.15) is 0 Å². The lowest BCUT2D eigenvalue weighted by Crippen LogP contribution is -1.76. The first-order valence-electron chi connectivity index (χ1n) is 4.51. The van der Waals surface area contributed by atoms with Crippen molar-refractivity contribution < 1.29 is 9.52 Å². The highest BCUT2D eigenvalue weighted by Gasteiger charge is 1.96. The molecule has 3 nitrogen and oxygen atoms in total. The third kappa shape index (κ3) is 1.83. The summed E-state index contributed by atoms with van der Waals surface area (Å²) in [5.74, 6) is 0. The molecule has 1 aromatic heterocycles. The van der Waals surface area contributed by atoms with Gasteiger partial charge >= 0.3 is 0 Å². The summed E-state index contributed by atoms with van der Waals surface area (Å²) in [5, 5.41) is 8.60. The normalized spacial score (nSPS) is 11.5. The van der Waals surface area contributed by atoms with Crippen LogP contribution in [0.2, 0.25) is 0 Å². The molecular weight excluding hydrogens is 178 g/mol. The van der Waals surface area contributed by atoms with Gasteiger partial charge in [0.25, 0.3) is 0 Å². The Kier molecular flexibility index (Phi) is 2.60. The predicted molar refractivity (Wildman–Crippen MR) is 54.7 cm³/mol. The predicted octanol–water partition coefficient (Wildman–Crippen LogP) is 2.22. The summed E-state index contributed by atoms with van der Waals surface area (Å²) in [6.07, 6.45) is 6.01. The summed E-state index contributed by atoms with van der Waals surface area (Å²) in [6.45, 7) is 0.183. The van der Waals surface area contributed by atoms with Crippen molar-refractivity contribution in [2.75, 3.05) is 6.61 Å². The van der Waals surface area contributed by atoms with Crippen molar-refractivity contribution in [2.24, 2.45) is 0 Å². The van der Waals surface area contributed by atoms with Gasteiger partial charge in [-0.1, -0.05) is 18.2 Å². The van der Waals surface area contributed by atoms with Gasteiger partial charge < -0.3 is 9.52 Å². The molecule has 0 amide bonds. The van der Waals surface area contributed by atoms with E-state index >= 15 is 0 Å². The molecule has 14 heavy (non-hydrogen) atoms. The smallest absolute Gasteiger partial charge is 0.181 e. The zero-order valence-electron chi connectivity index (χ0n) is 7.68. The molecule has 2 aromatic rings. The maximum absolute atomic E-state index is 8.60. The summed E-state index contributed by atoms with van der Waals surface area (Å²) in [7, 11) is 0. The zero-order valence-corrected chi connectivity index (χ0v) is 7.68. The summed E-state index contributed by atoms with van der Waals surface area (Å²) in [6, 6.07) is 5.80. The Labute approximate surface area is 81.7 Å². The number of fused-ring (bicyclic) bond motifs is 1. The fourth-order valence-corrected chi connectivity index (χ4v) is 1.27. The number of nitrogens with zero attached hydrogens (tertiary/aromatic N) is 1. The molecule has 3 heteroatoms. The molecule has 0 aliphatic carbocycles. The number of hydrogen-bond donors (Lipinski definition) is 1. The van der Waals surface area contributed by atoms with Crippen LogP contribution in [-0.2, 0) is 0 Å². The van der Waals surface area contributed by atoms with Crippen LogP contribution in [0.25, 0.3) is 17.2 Å². The molecule has 0 saturated carbocycles. The molecule has 0 atom stereocenters. The van der Waals surface area contributed by atoms with Crippen LogP contribution in [0.3, 0.4) is 0 Å².